The molecule has 0 radical (unpaired) electrons. The lowest BCUT2D eigenvalue weighted by molar-refractivity contribution is 0.0937. The third kappa shape index (κ3) is 3.03. The van der Waals surface area contributed by atoms with Crippen LogP contribution >= 0.6 is 0 Å². The van der Waals surface area contributed by atoms with Crippen LogP contribution in [0.15, 0.2) is 34.9 Å². The number of carbonyl (C=O) groups is 1. The summed E-state index contributed by atoms with van der Waals surface area (Å²) in [6.07, 6.45) is 2.63. The van der Waals surface area contributed by atoms with Crippen LogP contribution < -0.4 is 11.1 Å². The van der Waals surface area contributed by atoms with E-state index in [0.717, 1.165) is 18.4 Å². The number of benzene rings is 1. The van der Waals surface area contributed by atoms with Gasteiger partial charge in [-0.25, -0.2) is 0 Å². The smallest absolute Gasteiger partial charge is 0.292 e. The fourth-order valence-corrected chi connectivity index (χ4v) is 1.91. The van der Waals surface area contributed by atoms with Gasteiger partial charge in [-0.2, -0.15) is 4.98 Å². The van der Waals surface area contributed by atoms with Crippen molar-refractivity contribution in [3.05, 3.63) is 47.6 Å². The van der Waals surface area contributed by atoms with E-state index in [1.807, 2.05) is 30.3 Å². The van der Waals surface area contributed by atoms with Gasteiger partial charge in [-0.3, -0.25) is 4.79 Å². The van der Waals surface area contributed by atoms with Gasteiger partial charge < -0.3 is 15.6 Å². The van der Waals surface area contributed by atoms with Gasteiger partial charge in [0.25, 0.3) is 11.7 Å². The first-order chi connectivity index (χ1) is 9.72. The van der Waals surface area contributed by atoms with E-state index in [9.17, 15) is 4.79 Å². The molecule has 0 aliphatic heterocycles. The van der Waals surface area contributed by atoms with Crippen LogP contribution in [0.2, 0.25) is 0 Å². The lowest BCUT2D eigenvalue weighted by Gasteiger charge is -2.05. The summed E-state index contributed by atoms with van der Waals surface area (Å²) in [6, 6.07) is 9.67. The summed E-state index contributed by atoms with van der Waals surface area (Å²) in [5, 5.41) is 6.49. The fraction of sp³-hybridized carbons (Fsp3) is 0.357. The monoisotopic (exact) mass is 272 g/mol. The Bertz CT molecular complexity index is 592. The van der Waals surface area contributed by atoms with Gasteiger partial charge in [-0.15, -0.1) is 0 Å². The average Bonchev–Trinajstić information content (AvgIpc) is 3.12. The maximum Gasteiger partial charge on any atom is 0.292 e. The number of aromatic nitrogens is 2. The van der Waals surface area contributed by atoms with Gasteiger partial charge in [0.15, 0.2) is 0 Å². The highest BCUT2D eigenvalue weighted by atomic mass is 16.5. The standard InChI is InChI=1S/C14H16N4O2/c15-11(8-9-4-2-1-3-5-9)14-17-12(18-20-14)13(19)16-10-6-7-10/h1-5,10-11H,6-8,15H2,(H,16,19)/t11-/m0/s1. The molecular formula is C14H16N4O2. The van der Waals surface area contributed by atoms with Crippen molar-refractivity contribution >= 4 is 5.91 Å². The summed E-state index contributed by atoms with van der Waals surface area (Å²) < 4.78 is 5.07. The molecule has 1 aliphatic rings. The van der Waals surface area contributed by atoms with Gasteiger partial charge in [0.2, 0.25) is 5.89 Å². The molecule has 0 saturated heterocycles. The number of amides is 1. The number of hydrogen-bond acceptors (Lipinski definition) is 5. The van der Waals surface area contributed by atoms with Crippen molar-refractivity contribution in [1.29, 1.82) is 0 Å². The van der Waals surface area contributed by atoms with Crippen molar-refractivity contribution in [3.8, 4) is 0 Å². The molecule has 1 saturated carbocycles. The lowest BCUT2D eigenvalue weighted by Crippen LogP contribution is -2.26. The second kappa shape index (κ2) is 5.42. The predicted molar refractivity (Wildman–Crippen MR) is 71.9 cm³/mol. The van der Waals surface area contributed by atoms with Gasteiger partial charge in [0, 0.05) is 6.04 Å². The summed E-state index contributed by atoms with van der Waals surface area (Å²) in [6.45, 7) is 0. The molecule has 1 atom stereocenters. The molecule has 104 valence electrons. The molecule has 6 heteroatoms. The van der Waals surface area contributed by atoms with Crippen molar-refractivity contribution in [2.75, 3.05) is 0 Å². The van der Waals surface area contributed by atoms with Crippen LogP contribution in [0.1, 0.15) is 41.0 Å². The molecule has 0 unspecified atom stereocenters. The topological polar surface area (TPSA) is 94.0 Å². The summed E-state index contributed by atoms with van der Waals surface area (Å²) >= 11 is 0. The Labute approximate surface area is 116 Å². The van der Waals surface area contributed by atoms with E-state index < -0.39 is 6.04 Å². The van der Waals surface area contributed by atoms with Crippen LogP contribution in [0.3, 0.4) is 0 Å². The number of carbonyl (C=O) groups excluding carboxylic acids is 1. The van der Waals surface area contributed by atoms with E-state index in [0.29, 0.717) is 6.42 Å². The molecule has 1 aliphatic carbocycles. The Balaban J connectivity index is 1.64. The van der Waals surface area contributed by atoms with Crippen LogP contribution in [0.5, 0.6) is 0 Å². The number of nitrogens with zero attached hydrogens (tertiary/aromatic N) is 2. The summed E-state index contributed by atoms with van der Waals surface area (Å²) in [7, 11) is 0. The van der Waals surface area contributed by atoms with E-state index in [-0.39, 0.29) is 23.7 Å². The number of rotatable bonds is 5. The Morgan fingerprint density at radius 2 is 2.15 bits per heavy atom. The van der Waals surface area contributed by atoms with E-state index in [1.54, 1.807) is 0 Å². The normalized spacial score (nSPS) is 15.8. The molecule has 3 N–H and O–H groups in total. The van der Waals surface area contributed by atoms with E-state index in [1.165, 1.54) is 0 Å². The maximum absolute atomic E-state index is 11.8. The second-order valence-electron chi connectivity index (χ2n) is 5.00. The molecule has 0 spiro atoms. The third-order valence-electron chi connectivity index (χ3n) is 3.17. The number of hydrogen-bond donors (Lipinski definition) is 2. The quantitative estimate of drug-likeness (QED) is 0.853. The van der Waals surface area contributed by atoms with Gasteiger partial charge in [0.05, 0.1) is 6.04 Å². The molecule has 1 aromatic carbocycles. The van der Waals surface area contributed by atoms with Crippen molar-refractivity contribution in [3.63, 3.8) is 0 Å². The fourth-order valence-electron chi connectivity index (χ4n) is 1.91. The highest BCUT2D eigenvalue weighted by Gasteiger charge is 2.26. The first-order valence-corrected chi connectivity index (χ1v) is 6.66. The molecule has 0 bridgehead atoms. The molecule has 2 aromatic rings. The summed E-state index contributed by atoms with van der Waals surface area (Å²) in [5.74, 6) is 0.0413. The zero-order chi connectivity index (χ0) is 13.9. The molecule has 1 aromatic heterocycles. The Morgan fingerprint density at radius 1 is 1.40 bits per heavy atom. The predicted octanol–water partition coefficient (Wildman–Crippen LogP) is 1.20. The SMILES string of the molecule is N[C@@H](Cc1ccccc1)c1nc(C(=O)NC2CC2)no1. The minimum Gasteiger partial charge on any atom is -0.346 e. The van der Waals surface area contributed by atoms with Crippen molar-refractivity contribution in [1.82, 2.24) is 15.5 Å². The third-order valence-corrected chi connectivity index (χ3v) is 3.17. The second-order valence-corrected chi connectivity index (χ2v) is 5.00. The molecule has 1 heterocycles. The zero-order valence-electron chi connectivity index (χ0n) is 11.0. The number of nitrogens with two attached hydrogens (primary N) is 1. The first kappa shape index (κ1) is 12.8. The molecule has 1 amide bonds. The summed E-state index contributed by atoms with van der Waals surface area (Å²) in [5.41, 5.74) is 7.11. The van der Waals surface area contributed by atoms with Gasteiger partial charge in [0.1, 0.15) is 0 Å². The molecule has 6 nitrogen and oxygen atoms in total. The van der Waals surface area contributed by atoms with Crippen molar-refractivity contribution in [2.24, 2.45) is 5.73 Å². The molecule has 20 heavy (non-hydrogen) atoms. The molecular weight excluding hydrogens is 256 g/mol. The van der Waals surface area contributed by atoms with Crippen LogP contribution in [-0.2, 0) is 6.42 Å². The summed E-state index contributed by atoms with van der Waals surface area (Å²) in [4.78, 5) is 15.8. The Kier molecular flexibility index (Phi) is 3.47. The number of nitrogens with one attached hydrogen (secondary N) is 1. The van der Waals surface area contributed by atoms with E-state index >= 15 is 0 Å². The molecule has 3 rings (SSSR count). The van der Waals surface area contributed by atoms with Crippen LogP contribution in [-0.4, -0.2) is 22.1 Å². The highest BCUT2D eigenvalue weighted by molar-refractivity contribution is 5.90. The first-order valence-electron chi connectivity index (χ1n) is 6.66. The van der Waals surface area contributed by atoms with Crippen LogP contribution in [0.4, 0.5) is 0 Å². The Morgan fingerprint density at radius 3 is 2.85 bits per heavy atom. The van der Waals surface area contributed by atoms with Gasteiger partial charge in [-0.05, 0) is 24.8 Å². The van der Waals surface area contributed by atoms with Crippen molar-refractivity contribution in [2.45, 2.75) is 31.3 Å². The molecule has 1 fully saturated rings. The van der Waals surface area contributed by atoms with Gasteiger partial charge in [-0.1, -0.05) is 35.5 Å². The minimum atomic E-state index is -0.410. The maximum atomic E-state index is 11.8. The Hall–Kier alpha value is -2.21. The highest BCUT2D eigenvalue weighted by Crippen LogP contribution is 2.19. The van der Waals surface area contributed by atoms with Crippen LogP contribution in [0.25, 0.3) is 0 Å². The van der Waals surface area contributed by atoms with E-state index in [4.69, 9.17) is 10.3 Å². The minimum absolute atomic E-state index is 0.0513. The average molecular weight is 272 g/mol. The van der Waals surface area contributed by atoms with E-state index in [2.05, 4.69) is 15.5 Å². The van der Waals surface area contributed by atoms with Gasteiger partial charge >= 0.3 is 0 Å². The van der Waals surface area contributed by atoms with Crippen LogP contribution in [0, 0.1) is 0 Å². The zero-order valence-corrected chi connectivity index (χ0v) is 11.0. The lowest BCUT2D eigenvalue weighted by atomic mass is 10.1. The van der Waals surface area contributed by atoms with Crippen molar-refractivity contribution < 1.29 is 9.32 Å². The largest absolute Gasteiger partial charge is 0.346 e.